The summed E-state index contributed by atoms with van der Waals surface area (Å²) in [6, 6.07) is 12.0. The Hall–Kier alpha value is -2.64. The number of Topliss-reactive ketones (excluding diaryl/α,β-unsaturated/α-hetero) is 1. The van der Waals surface area contributed by atoms with E-state index in [9.17, 15) is 14.7 Å². The van der Waals surface area contributed by atoms with Gasteiger partial charge in [-0.1, -0.05) is 41.9 Å². The van der Waals surface area contributed by atoms with Gasteiger partial charge in [-0.3, -0.25) is 9.59 Å². The van der Waals surface area contributed by atoms with Gasteiger partial charge in [-0.15, -0.1) is 0 Å². The number of benzene rings is 2. The van der Waals surface area contributed by atoms with E-state index in [0.29, 0.717) is 37.7 Å². The first-order chi connectivity index (χ1) is 15.7. The van der Waals surface area contributed by atoms with Gasteiger partial charge in [-0.2, -0.15) is 0 Å². The van der Waals surface area contributed by atoms with Crippen molar-refractivity contribution in [3.63, 3.8) is 0 Å². The van der Waals surface area contributed by atoms with Gasteiger partial charge in [0.05, 0.1) is 18.2 Å². The van der Waals surface area contributed by atoms with Gasteiger partial charge >= 0.3 is 0 Å². The van der Waals surface area contributed by atoms with Crippen LogP contribution in [0.2, 0.25) is 0 Å². The largest absolute Gasteiger partial charge is 0.507 e. The van der Waals surface area contributed by atoms with Crippen LogP contribution in [-0.4, -0.2) is 48.6 Å². The van der Waals surface area contributed by atoms with Crippen molar-refractivity contribution in [1.29, 1.82) is 0 Å². The fourth-order valence-electron chi connectivity index (χ4n) is 3.85. The highest BCUT2D eigenvalue weighted by Crippen LogP contribution is 2.40. The summed E-state index contributed by atoms with van der Waals surface area (Å²) in [7, 11) is 1.59. The summed E-state index contributed by atoms with van der Waals surface area (Å²) in [5.74, 6) is -0.374. The molecule has 1 heterocycles. The second-order valence-electron chi connectivity index (χ2n) is 8.58. The topological polar surface area (TPSA) is 76.1 Å². The van der Waals surface area contributed by atoms with Crippen LogP contribution in [0.5, 0.6) is 5.75 Å². The Balaban J connectivity index is 2.04. The van der Waals surface area contributed by atoms with Crippen LogP contribution < -0.4 is 4.74 Å². The van der Waals surface area contributed by atoms with Crippen molar-refractivity contribution in [2.45, 2.75) is 33.2 Å². The number of carbonyl (C=O) groups excluding carboxylic acids is 2. The molecule has 1 aliphatic heterocycles. The Kier molecular flexibility index (Phi) is 8.32. The van der Waals surface area contributed by atoms with E-state index in [1.54, 1.807) is 25.3 Å². The summed E-state index contributed by atoms with van der Waals surface area (Å²) in [5, 5.41) is 11.2. The maximum absolute atomic E-state index is 13.1. The monoisotopic (exact) mass is 515 g/mol. The number of hydrogen-bond donors (Lipinski definition) is 1. The molecule has 0 bridgehead atoms. The van der Waals surface area contributed by atoms with E-state index in [2.05, 4.69) is 29.8 Å². The van der Waals surface area contributed by atoms with E-state index in [1.807, 2.05) is 31.2 Å². The lowest BCUT2D eigenvalue weighted by Gasteiger charge is -2.25. The summed E-state index contributed by atoms with van der Waals surface area (Å²) < 4.78 is 11.8. The number of hydrogen-bond acceptors (Lipinski definition) is 5. The zero-order valence-corrected chi connectivity index (χ0v) is 21.0. The average Bonchev–Trinajstić information content (AvgIpc) is 3.03. The molecule has 176 valence electrons. The van der Waals surface area contributed by atoms with Crippen LogP contribution >= 0.6 is 15.9 Å². The van der Waals surface area contributed by atoms with Gasteiger partial charge in [0.15, 0.2) is 0 Å². The molecule has 33 heavy (non-hydrogen) atoms. The molecule has 1 unspecified atom stereocenters. The number of aliphatic hydroxyl groups is 1. The van der Waals surface area contributed by atoms with Crippen LogP contribution in [0.25, 0.3) is 5.76 Å². The second-order valence-corrected chi connectivity index (χ2v) is 9.49. The van der Waals surface area contributed by atoms with Crippen molar-refractivity contribution < 1.29 is 24.2 Å². The van der Waals surface area contributed by atoms with Gasteiger partial charge in [-0.25, -0.2) is 0 Å². The summed E-state index contributed by atoms with van der Waals surface area (Å²) in [4.78, 5) is 27.5. The standard InChI is InChI=1S/C26H30BrNO5/c1-16(2)15-33-21-11-8-19(14-17(21)3)24(29)22-23(18-6-9-20(27)10-7-18)28(12-5-13-32-4)26(31)25(22)30/h6-11,14,16,23,29H,5,12-13,15H2,1-4H3/b24-22+. The zero-order chi connectivity index (χ0) is 24.1. The van der Waals surface area contributed by atoms with E-state index < -0.39 is 17.7 Å². The van der Waals surface area contributed by atoms with E-state index in [1.165, 1.54) is 4.90 Å². The van der Waals surface area contributed by atoms with Gasteiger partial charge in [-0.05, 0) is 60.7 Å². The number of ether oxygens (including phenoxy) is 2. The molecule has 1 aliphatic rings. The fourth-order valence-corrected chi connectivity index (χ4v) is 4.12. The number of amides is 1. The molecule has 1 atom stereocenters. The SMILES string of the molecule is COCCCN1C(=O)C(=O)/C(=C(/O)c2ccc(OCC(C)C)c(C)c2)C1c1ccc(Br)cc1. The number of aliphatic hydroxyl groups excluding tert-OH is 1. The number of nitrogens with zero attached hydrogens (tertiary/aromatic N) is 1. The van der Waals surface area contributed by atoms with Crippen LogP contribution in [0.4, 0.5) is 0 Å². The van der Waals surface area contributed by atoms with Crippen LogP contribution in [-0.2, 0) is 14.3 Å². The molecule has 1 fully saturated rings. The highest BCUT2D eigenvalue weighted by molar-refractivity contribution is 9.10. The van der Waals surface area contributed by atoms with Crippen molar-refractivity contribution in [1.82, 2.24) is 4.90 Å². The van der Waals surface area contributed by atoms with E-state index >= 15 is 0 Å². The molecule has 1 N–H and O–H groups in total. The van der Waals surface area contributed by atoms with Gasteiger partial charge in [0, 0.05) is 30.3 Å². The Labute approximate surface area is 203 Å². The lowest BCUT2D eigenvalue weighted by molar-refractivity contribution is -0.140. The minimum atomic E-state index is -0.685. The molecule has 1 amide bonds. The smallest absolute Gasteiger partial charge is 0.295 e. The predicted octanol–water partition coefficient (Wildman–Crippen LogP) is 5.25. The molecule has 0 saturated carbocycles. The van der Waals surface area contributed by atoms with E-state index in [0.717, 1.165) is 21.3 Å². The highest BCUT2D eigenvalue weighted by Gasteiger charge is 2.45. The Morgan fingerprint density at radius 1 is 1.15 bits per heavy atom. The molecule has 1 saturated heterocycles. The fraction of sp³-hybridized carbons (Fsp3) is 0.385. The lowest BCUT2D eigenvalue weighted by Crippen LogP contribution is -2.31. The number of carbonyl (C=O) groups is 2. The summed E-state index contributed by atoms with van der Waals surface area (Å²) >= 11 is 3.42. The second kappa shape index (κ2) is 11.0. The number of aryl methyl sites for hydroxylation is 1. The minimum Gasteiger partial charge on any atom is -0.507 e. The van der Waals surface area contributed by atoms with Crippen molar-refractivity contribution >= 4 is 33.4 Å². The Bertz CT molecular complexity index is 1050. The first kappa shape index (κ1) is 25.0. The maximum atomic E-state index is 13.1. The average molecular weight is 516 g/mol. The van der Waals surface area contributed by atoms with Gasteiger partial charge in [0.2, 0.25) is 0 Å². The normalized spacial score (nSPS) is 17.8. The zero-order valence-electron chi connectivity index (χ0n) is 19.4. The van der Waals surface area contributed by atoms with Gasteiger partial charge in [0.25, 0.3) is 11.7 Å². The number of halogens is 1. The first-order valence-electron chi connectivity index (χ1n) is 11.0. The van der Waals surface area contributed by atoms with Crippen LogP contribution in [0, 0.1) is 12.8 Å². The van der Waals surface area contributed by atoms with Gasteiger partial charge < -0.3 is 19.5 Å². The number of methoxy groups -OCH3 is 1. The molecular weight excluding hydrogens is 486 g/mol. The van der Waals surface area contributed by atoms with Crippen molar-refractivity contribution in [2.75, 3.05) is 26.9 Å². The highest BCUT2D eigenvalue weighted by atomic mass is 79.9. The van der Waals surface area contributed by atoms with Gasteiger partial charge in [0.1, 0.15) is 11.5 Å². The maximum Gasteiger partial charge on any atom is 0.295 e. The molecule has 0 spiro atoms. The molecule has 0 aliphatic carbocycles. The first-order valence-corrected chi connectivity index (χ1v) is 11.8. The summed E-state index contributed by atoms with van der Waals surface area (Å²) in [6.07, 6.45) is 0.581. The van der Waals surface area contributed by atoms with Crippen LogP contribution in [0.1, 0.15) is 43.0 Å². The molecule has 7 heteroatoms. The number of likely N-dealkylation sites (tertiary alicyclic amines) is 1. The lowest BCUT2D eigenvalue weighted by atomic mass is 9.95. The molecule has 6 nitrogen and oxygen atoms in total. The number of ketones is 1. The summed E-state index contributed by atoms with van der Waals surface area (Å²) in [6.45, 7) is 7.43. The Morgan fingerprint density at radius 3 is 2.45 bits per heavy atom. The molecule has 2 aromatic carbocycles. The Morgan fingerprint density at radius 2 is 1.85 bits per heavy atom. The third-order valence-electron chi connectivity index (χ3n) is 5.49. The quantitative estimate of drug-likeness (QED) is 0.213. The van der Waals surface area contributed by atoms with Crippen molar-refractivity contribution in [3.05, 3.63) is 69.2 Å². The summed E-state index contributed by atoms with van der Waals surface area (Å²) in [5.41, 5.74) is 2.16. The van der Waals surface area contributed by atoms with Crippen molar-refractivity contribution in [3.8, 4) is 5.75 Å². The predicted molar refractivity (Wildman–Crippen MR) is 131 cm³/mol. The molecule has 2 aromatic rings. The molecule has 3 rings (SSSR count). The minimum absolute atomic E-state index is 0.0926. The van der Waals surface area contributed by atoms with E-state index in [-0.39, 0.29) is 11.3 Å². The van der Waals surface area contributed by atoms with Crippen LogP contribution in [0.15, 0.2) is 52.5 Å². The third kappa shape index (κ3) is 5.65. The molecule has 0 radical (unpaired) electrons. The molecule has 0 aromatic heterocycles. The third-order valence-corrected chi connectivity index (χ3v) is 6.02. The van der Waals surface area contributed by atoms with E-state index in [4.69, 9.17) is 9.47 Å². The molecular formula is C26H30BrNO5. The van der Waals surface area contributed by atoms with Crippen molar-refractivity contribution in [2.24, 2.45) is 5.92 Å². The van der Waals surface area contributed by atoms with Crippen LogP contribution in [0.3, 0.4) is 0 Å². The number of rotatable bonds is 9.